The lowest BCUT2D eigenvalue weighted by atomic mass is 10.2. The van der Waals surface area contributed by atoms with Gasteiger partial charge in [-0.1, -0.05) is 0 Å². The van der Waals surface area contributed by atoms with Crippen LogP contribution in [0.1, 0.15) is 12.8 Å². The second kappa shape index (κ2) is 7.71. The van der Waals surface area contributed by atoms with Crippen LogP contribution >= 0.6 is 0 Å². The van der Waals surface area contributed by atoms with Gasteiger partial charge in [0.15, 0.2) is 0 Å². The van der Waals surface area contributed by atoms with E-state index in [4.69, 9.17) is 15.2 Å². The molecule has 0 unspecified atom stereocenters. The third kappa shape index (κ3) is 4.15. The van der Waals surface area contributed by atoms with E-state index in [1.54, 1.807) is 7.11 Å². The molecular weight excluding hydrogens is 292 g/mol. The SMILES string of the molecule is COCCNc1nc(N)c([N+](=O)[O-])c(NC[C@@H]2CCCO2)n1. The first-order valence-electron chi connectivity index (χ1n) is 7.02. The molecule has 0 amide bonds. The van der Waals surface area contributed by atoms with Gasteiger partial charge in [0.2, 0.25) is 17.6 Å². The molecule has 122 valence electrons. The summed E-state index contributed by atoms with van der Waals surface area (Å²) in [4.78, 5) is 18.6. The third-order valence-electron chi connectivity index (χ3n) is 3.20. The van der Waals surface area contributed by atoms with Gasteiger partial charge in [0.25, 0.3) is 0 Å². The summed E-state index contributed by atoms with van der Waals surface area (Å²) in [6.45, 7) is 2.08. The number of nitrogens with zero attached hydrogens (tertiary/aromatic N) is 3. The zero-order valence-electron chi connectivity index (χ0n) is 12.4. The topological polar surface area (TPSA) is 137 Å². The molecule has 2 rings (SSSR count). The summed E-state index contributed by atoms with van der Waals surface area (Å²) in [6.07, 6.45) is 1.94. The molecule has 0 bridgehead atoms. The molecule has 1 aromatic heterocycles. The van der Waals surface area contributed by atoms with E-state index in [0.717, 1.165) is 12.8 Å². The Labute approximate surface area is 127 Å². The number of nitro groups is 1. The molecule has 2 heterocycles. The van der Waals surface area contributed by atoms with Crippen LogP contribution in [-0.2, 0) is 9.47 Å². The van der Waals surface area contributed by atoms with Crippen molar-refractivity contribution in [2.75, 3.05) is 49.8 Å². The van der Waals surface area contributed by atoms with Crippen molar-refractivity contribution in [2.24, 2.45) is 0 Å². The average Bonchev–Trinajstić information content (AvgIpc) is 2.97. The molecule has 22 heavy (non-hydrogen) atoms. The summed E-state index contributed by atoms with van der Waals surface area (Å²) in [5.74, 6) is 0.123. The number of aromatic nitrogens is 2. The minimum atomic E-state index is -0.591. The van der Waals surface area contributed by atoms with Crippen LogP contribution in [0.15, 0.2) is 0 Å². The standard InChI is InChI=1S/C12H20N6O4/c1-21-6-4-14-12-16-10(13)9(18(19)20)11(17-12)15-7-8-3-2-5-22-8/h8H,2-7H2,1H3,(H4,13,14,15,16,17)/t8-/m0/s1. The molecule has 0 aromatic carbocycles. The molecule has 0 radical (unpaired) electrons. The lowest BCUT2D eigenvalue weighted by molar-refractivity contribution is -0.383. The molecule has 1 aliphatic heterocycles. The van der Waals surface area contributed by atoms with Crippen LogP contribution in [0.5, 0.6) is 0 Å². The molecule has 10 heteroatoms. The number of anilines is 3. The lowest BCUT2D eigenvalue weighted by Gasteiger charge is -2.13. The van der Waals surface area contributed by atoms with Gasteiger partial charge in [-0.3, -0.25) is 10.1 Å². The molecule has 0 saturated carbocycles. The molecule has 4 N–H and O–H groups in total. The first-order chi connectivity index (χ1) is 10.6. The van der Waals surface area contributed by atoms with Crippen LogP contribution in [0.2, 0.25) is 0 Å². The zero-order chi connectivity index (χ0) is 15.9. The van der Waals surface area contributed by atoms with Crippen molar-refractivity contribution in [3.63, 3.8) is 0 Å². The Kier molecular flexibility index (Phi) is 5.67. The second-order valence-electron chi connectivity index (χ2n) is 4.82. The Morgan fingerprint density at radius 3 is 2.95 bits per heavy atom. The number of nitrogens with one attached hydrogen (secondary N) is 2. The summed E-state index contributed by atoms with van der Waals surface area (Å²) < 4.78 is 10.4. The number of methoxy groups -OCH3 is 1. The van der Waals surface area contributed by atoms with Crippen molar-refractivity contribution in [1.82, 2.24) is 9.97 Å². The van der Waals surface area contributed by atoms with E-state index in [-0.39, 0.29) is 29.4 Å². The van der Waals surface area contributed by atoms with Gasteiger partial charge in [0.05, 0.1) is 17.6 Å². The predicted molar refractivity (Wildman–Crippen MR) is 80.9 cm³/mol. The molecule has 10 nitrogen and oxygen atoms in total. The number of rotatable bonds is 8. The molecule has 0 aliphatic carbocycles. The Balaban J connectivity index is 2.12. The molecular formula is C12H20N6O4. The van der Waals surface area contributed by atoms with Crippen LogP contribution in [0.4, 0.5) is 23.3 Å². The highest BCUT2D eigenvalue weighted by atomic mass is 16.6. The van der Waals surface area contributed by atoms with E-state index in [1.165, 1.54) is 0 Å². The maximum atomic E-state index is 11.1. The Bertz CT molecular complexity index is 521. The monoisotopic (exact) mass is 312 g/mol. The molecule has 1 aromatic rings. The maximum absolute atomic E-state index is 11.1. The highest BCUT2D eigenvalue weighted by Crippen LogP contribution is 2.29. The van der Waals surface area contributed by atoms with Crippen LogP contribution in [0.25, 0.3) is 0 Å². The van der Waals surface area contributed by atoms with Gasteiger partial charge in [-0.15, -0.1) is 0 Å². The van der Waals surface area contributed by atoms with E-state index >= 15 is 0 Å². The van der Waals surface area contributed by atoms with Crippen LogP contribution < -0.4 is 16.4 Å². The summed E-state index contributed by atoms with van der Waals surface area (Å²) >= 11 is 0. The normalized spacial score (nSPS) is 17.4. The Morgan fingerprint density at radius 2 is 2.32 bits per heavy atom. The van der Waals surface area contributed by atoms with Crippen LogP contribution in [0.3, 0.4) is 0 Å². The lowest BCUT2D eigenvalue weighted by Crippen LogP contribution is -2.21. The summed E-state index contributed by atoms with van der Waals surface area (Å²) in [6, 6.07) is 0. The largest absolute Gasteiger partial charge is 0.383 e. The first kappa shape index (κ1) is 16.2. The van der Waals surface area contributed by atoms with Crippen molar-refractivity contribution in [3.05, 3.63) is 10.1 Å². The Hall–Kier alpha value is -2.20. The smallest absolute Gasteiger partial charge is 0.353 e. The number of nitrogen functional groups attached to an aromatic ring is 1. The number of nitrogens with two attached hydrogens (primary N) is 1. The average molecular weight is 312 g/mol. The molecule has 0 spiro atoms. The van der Waals surface area contributed by atoms with Gasteiger partial charge in [-0.25, -0.2) is 0 Å². The fraction of sp³-hybridized carbons (Fsp3) is 0.667. The first-order valence-corrected chi connectivity index (χ1v) is 7.02. The van der Waals surface area contributed by atoms with Crippen molar-refractivity contribution in [1.29, 1.82) is 0 Å². The summed E-state index contributed by atoms with van der Waals surface area (Å²) in [5, 5.41) is 17.0. The second-order valence-corrected chi connectivity index (χ2v) is 4.82. The minimum absolute atomic E-state index is 0.0284. The highest BCUT2D eigenvalue weighted by Gasteiger charge is 2.24. The minimum Gasteiger partial charge on any atom is -0.383 e. The molecule has 1 saturated heterocycles. The van der Waals surface area contributed by atoms with Crippen LogP contribution in [0, 0.1) is 10.1 Å². The molecule has 1 aliphatic rings. The van der Waals surface area contributed by atoms with Gasteiger partial charge in [-0.2, -0.15) is 9.97 Å². The molecule has 1 atom stereocenters. The summed E-state index contributed by atoms with van der Waals surface area (Å²) in [7, 11) is 1.57. The zero-order valence-corrected chi connectivity index (χ0v) is 12.4. The fourth-order valence-corrected chi connectivity index (χ4v) is 2.14. The van der Waals surface area contributed by atoms with Crippen molar-refractivity contribution in [2.45, 2.75) is 18.9 Å². The van der Waals surface area contributed by atoms with E-state index in [1.807, 2.05) is 0 Å². The maximum Gasteiger partial charge on any atom is 0.353 e. The number of hydrogen-bond acceptors (Lipinski definition) is 9. The van der Waals surface area contributed by atoms with Gasteiger partial charge < -0.3 is 25.8 Å². The van der Waals surface area contributed by atoms with Gasteiger partial charge >= 0.3 is 5.69 Å². The number of hydrogen-bond donors (Lipinski definition) is 3. The number of ether oxygens (including phenoxy) is 2. The van der Waals surface area contributed by atoms with E-state index < -0.39 is 4.92 Å². The van der Waals surface area contributed by atoms with Crippen molar-refractivity contribution in [3.8, 4) is 0 Å². The van der Waals surface area contributed by atoms with E-state index in [2.05, 4.69) is 20.6 Å². The molecule has 1 fully saturated rings. The summed E-state index contributed by atoms with van der Waals surface area (Å²) in [5.41, 5.74) is 5.35. The van der Waals surface area contributed by atoms with Gasteiger partial charge in [-0.05, 0) is 12.8 Å². The predicted octanol–water partition coefficient (Wildman–Crippen LogP) is 0.616. The van der Waals surface area contributed by atoms with Crippen molar-refractivity contribution < 1.29 is 14.4 Å². The van der Waals surface area contributed by atoms with Crippen molar-refractivity contribution >= 4 is 23.3 Å². The highest BCUT2D eigenvalue weighted by molar-refractivity contribution is 5.69. The quantitative estimate of drug-likeness (QED) is 0.358. The fourth-order valence-electron chi connectivity index (χ4n) is 2.14. The van der Waals surface area contributed by atoms with Gasteiger partial charge in [0, 0.05) is 26.8 Å². The van der Waals surface area contributed by atoms with E-state index in [9.17, 15) is 10.1 Å². The van der Waals surface area contributed by atoms with Crippen LogP contribution in [-0.4, -0.2) is 54.4 Å². The Morgan fingerprint density at radius 1 is 1.50 bits per heavy atom. The van der Waals surface area contributed by atoms with E-state index in [0.29, 0.717) is 26.3 Å². The van der Waals surface area contributed by atoms with Gasteiger partial charge in [0.1, 0.15) is 0 Å². The third-order valence-corrected chi connectivity index (χ3v) is 3.20.